The third-order valence-electron chi connectivity index (χ3n) is 3.57. The molecule has 1 atom stereocenters. The first kappa shape index (κ1) is 11.5. The number of nitrogens with zero attached hydrogens (tertiary/aromatic N) is 1. The van der Waals surface area contributed by atoms with Gasteiger partial charge in [-0.05, 0) is 48.9 Å². The summed E-state index contributed by atoms with van der Waals surface area (Å²) >= 11 is 0. The van der Waals surface area contributed by atoms with E-state index in [1.54, 1.807) is 0 Å². The molecule has 0 bridgehead atoms. The van der Waals surface area contributed by atoms with Crippen molar-refractivity contribution in [2.75, 3.05) is 18.0 Å². The number of hydrogen-bond donors (Lipinski definition) is 1. The monoisotopic (exact) mass is 218 g/mol. The fourth-order valence-corrected chi connectivity index (χ4v) is 2.53. The van der Waals surface area contributed by atoms with Gasteiger partial charge in [0, 0.05) is 25.3 Å². The van der Waals surface area contributed by atoms with Crippen LogP contribution in [0.5, 0.6) is 0 Å². The lowest BCUT2D eigenvalue weighted by Crippen LogP contribution is -2.34. The Hall–Kier alpha value is -1.02. The van der Waals surface area contributed by atoms with E-state index in [0.29, 0.717) is 6.54 Å². The Kier molecular flexibility index (Phi) is 3.49. The van der Waals surface area contributed by atoms with Gasteiger partial charge < -0.3 is 10.6 Å². The van der Waals surface area contributed by atoms with Crippen LogP contribution < -0.4 is 10.6 Å². The number of benzene rings is 1. The van der Waals surface area contributed by atoms with Gasteiger partial charge in [-0.3, -0.25) is 0 Å². The zero-order valence-electron chi connectivity index (χ0n) is 10.4. The summed E-state index contributed by atoms with van der Waals surface area (Å²) in [5, 5.41) is 0. The standard InChI is InChI=1S/C14H22N2/c1-11-4-3-7-16(10-11)14-6-5-13(9-15)12(2)8-14/h5-6,8,11H,3-4,7,9-10,15H2,1-2H3. The van der Waals surface area contributed by atoms with E-state index < -0.39 is 0 Å². The number of rotatable bonds is 2. The highest BCUT2D eigenvalue weighted by Gasteiger charge is 2.16. The molecule has 16 heavy (non-hydrogen) atoms. The summed E-state index contributed by atoms with van der Waals surface area (Å²) in [5.74, 6) is 0.822. The average Bonchev–Trinajstić information content (AvgIpc) is 2.29. The van der Waals surface area contributed by atoms with Crippen LogP contribution in [0.2, 0.25) is 0 Å². The Morgan fingerprint density at radius 1 is 1.44 bits per heavy atom. The Bertz CT molecular complexity index is 360. The number of nitrogens with two attached hydrogens (primary N) is 1. The molecule has 88 valence electrons. The van der Waals surface area contributed by atoms with Crippen molar-refractivity contribution in [1.29, 1.82) is 0 Å². The molecular weight excluding hydrogens is 196 g/mol. The van der Waals surface area contributed by atoms with Crippen molar-refractivity contribution in [3.8, 4) is 0 Å². The lowest BCUT2D eigenvalue weighted by atomic mass is 9.99. The lowest BCUT2D eigenvalue weighted by Gasteiger charge is -2.33. The third kappa shape index (κ3) is 2.38. The van der Waals surface area contributed by atoms with E-state index in [4.69, 9.17) is 5.73 Å². The zero-order valence-corrected chi connectivity index (χ0v) is 10.4. The number of piperidine rings is 1. The van der Waals surface area contributed by atoms with Gasteiger partial charge in [-0.1, -0.05) is 13.0 Å². The van der Waals surface area contributed by atoms with Gasteiger partial charge in [0.05, 0.1) is 0 Å². The molecule has 1 saturated heterocycles. The van der Waals surface area contributed by atoms with Gasteiger partial charge in [0.1, 0.15) is 0 Å². The quantitative estimate of drug-likeness (QED) is 0.827. The molecule has 0 radical (unpaired) electrons. The summed E-state index contributed by atoms with van der Waals surface area (Å²) in [6.07, 6.45) is 2.69. The predicted octanol–water partition coefficient (Wildman–Crippen LogP) is 2.69. The highest BCUT2D eigenvalue weighted by atomic mass is 15.1. The number of aryl methyl sites for hydroxylation is 1. The van der Waals surface area contributed by atoms with Crippen LogP contribution in [0.4, 0.5) is 5.69 Å². The van der Waals surface area contributed by atoms with Crippen LogP contribution in [0.15, 0.2) is 18.2 Å². The molecule has 0 saturated carbocycles. The molecule has 2 N–H and O–H groups in total. The molecule has 1 aromatic rings. The van der Waals surface area contributed by atoms with E-state index >= 15 is 0 Å². The maximum atomic E-state index is 5.69. The molecule has 0 spiro atoms. The molecule has 1 aliphatic heterocycles. The lowest BCUT2D eigenvalue weighted by molar-refractivity contribution is 0.447. The van der Waals surface area contributed by atoms with E-state index in [1.807, 2.05) is 0 Å². The Balaban J connectivity index is 2.17. The number of hydrogen-bond acceptors (Lipinski definition) is 2. The second-order valence-electron chi connectivity index (χ2n) is 5.01. The maximum Gasteiger partial charge on any atom is 0.0369 e. The average molecular weight is 218 g/mol. The molecule has 2 nitrogen and oxygen atoms in total. The second-order valence-corrected chi connectivity index (χ2v) is 5.01. The summed E-state index contributed by atoms with van der Waals surface area (Å²) in [5.41, 5.74) is 9.63. The van der Waals surface area contributed by atoms with Crippen molar-refractivity contribution >= 4 is 5.69 Å². The van der Waals surface area contributed by atoms with Gasteiger partial charge >= 0.3 is 0 Å². The Morgan fingerprint density at radius 3 is 2.88 bits per heavy atom. The second kappa shape index (κ2) is 4.88. The van der Waals surface area contributed by atoms with E-state index in [9.17, 15) is 0 Å². The molecule has 1 fully saturated rings. The normalized spacial score (nSPS) is 21.2. The summed E-state index contributed by atoms with van der Waals surface area (Å²) in [6, 6.07) is 6.66. The predicted molar refractivity (Wildman–Crippen MR) is 69.7 cm³/mol. The van der Waals surface area contributed by atoms with E-state index in [0.717, 1.165) is 5.92 Å². The van der Waals surface area contributed by atoms with Gasteiger partial charge in [-0.25, -0.2) is 0 Å². The largest absolute Gasteiger partial charge is 0.371 e. The van der Waals surface area contributed by atoms with Crippen LogP contribution in [0.3, 0.4) is 0 Å². The van der Waals surface area contributed by atoms with Crippen molar-refractivity contribution < 1.29 is 0 Å². The summed E-state index contributed by atoms with van der Waals surface area (Å²) < 4.78 is 0. The van der Waals surface area contributed by atoms with Gasteiger partial charge in [0.15, 0.2) is 0 Å². The first-order valence-corrected chi connectivity index (χ1v) is 6.25. The van der Waals surface area contributed by atoms with Crippen LogP contribution in [-0.4, -0.2) is 13.1 Å². The van der Waals surface area contributed by atoms with E-state index in [2.05, 4.69) is 36.9 Å². The van der Waals surface area contributed by atoms with Crippen LogP contribution in [0.1, 0.15) is 30.9 Å². The van der Waals surface area contributed by atoms with Gasteiger partial charge in [-0.15, -0.1) is 0 Å². The van der Waals surface area contributed by atoms with E-state index in [1.165, 1.54) is 42.7 Å². The smallest absolute Gasteiger partial charge is 0.0369 e. The molecule has 1 heterocycles. The Labute approximate surface area is 98.4 Å². The van der Waals surface area contributed by atoms with Crippen LogP contribution in [0.25, 0.3) is 0 Å². The topological polar surface area (TPSA) is 29.3 Å². The fraction of sp³-hybridized carbons (Fsp3) is 0.571. The Morgan fingerprint density at radius 2 is 2.25 bits per heavy atom. The molecule has 1 aromatic carbocycles. The van der Waals surface area contributed by atoms with Crippen LogP contribution >= 0.6 is 0 Å². The maximum absolute atomic E-state index is 5.69. The van der Waals surface area contributed by atoms with Crippen LogP contribution in [0, 0.1) is 12.8 Å². The molecule has 1 unspecified atom stereocenters. The van der Waals surface area contributed by atoms with Gasteiger partial charge in [0.25, 0.3) is 0 Å². The number of anilines is 1. The third-order valence-corrected chi connectivity index (χ3v) is 3.57. The van der Waals surface area contributed by atoms with Crippen molar-refractivity contribution in [2.24, 2.45) is 11.7 Å². The summed E-state index contributed by atoms with van der Waals surface area (Å²) in [6.45, 7) is 7.53. The molecule has 0 aliphatic carbocycles. The molecule has 2 heteroatoms. The minimum Gasteiger partial charge on any atom is -0.371 e. The van der Waals surface area contributed by atoms with Crippen molar-refractivity contribution in [2.45, 2.75) is 33.2 Å². The highest BCUT2D eigenvalue weighted by Crippen LogP contribution is 2.24. The van der Waals surface area contributed by atoms with Crippen molar-refractivity contribution in [3.63, 3.8) is 0 Å². The van der Waals surface area contributed by atoms with Gasteiger partial charge in [0.2, 0.25) is 0 Å². The minimum atomic E-state index is 0.641. The molecule has 0 aromatic heterocycles. The van der Waals surface area contributed by atoms with Gasteiger partial charge in [-0.2, -0.15) is 0 Å². The zero-order chi connectivity index (χ0) is 11.5. The minimum absolute atomic E-state index is 0.641. The molecule has 1 aliphatic rings. The fourth-order valence-electron chi connectivity index (χ4n) is 2.53. The molecule has 2 rings (SSSR count). The van der Waals surface area contributed by atoms with Crippen molar-refractivity contribution in [1.82, 2.24) is 0 Å². The summed E-state index contributed by atoms with van der Waals surface area (Å²) in [4.78, 5) is 2.50. The molecular formula is C14H22N2. The first-order chi connectivity index (χ1) is 7.70. The van der Waals surface area contributed by atoms with Crippen molar-refractivity contribution in [3.05, 3.63) is 29.3 Å². The van der Waals surface area contributed by atoms with E-state index in [-0.39, 0.29) is 0 Å². The molecule has 0 amide bonds. The van der Waals surface area contributed by atoms with Crippen LogP contribution in [-0.2, 0) is 6.54 Å². The SMILES string of the molecule is Cc1cc(N2CCCC(C)C2)ccc1CN. The highest BCUT2D eigenvalue weighted by molar-refractivity contribution is 5.51. The summed E-state index contributed by atoms with van der Waals surface area (Å²) in [7, 11) is 0. The first-order valence-electron chi connectivity index (χ1n) is 6.25.